The van der Waals surface area contributed by atoms with Crippen LogP contribution in [0.4, 0.5) is 0 Å². The summed E-state index contributed by atoms with van der Waals surface area (Å²) in [6.45, 7) is 10.0. The Kier molecular flexibility index (Phi) is 4.28. The molecule has 1 atom stereocenters. The molecule has 1 aromatic rings. The normalized spacial score (nSPS) is 13.9. The third kappa shape index (κ3) is 3.63. The van der Waals surface area contributed by atoms with Gasteiger partial charge in [-0.1, -0.05) is 33.8 Å². The number of hydrogen-bond donors (Lipinski definition) is 1. The summed E-state index contributed by atoms with van der Waals surface area (Å²) in [5, 5.41) is 3.59. The van der Waals surface area contributed by atoms with Crippen LogP contribution in [0.3, 0.4) is 0 Å². The van der Waals surface area contributed by atoms with Gasteiger partial charge in [0.25, 0.3) is 0 Å². The molecule has 0 saturated heterocycles. The summed E-state index contributed by atoms with van der Waals surface area (Å²) in [6, 6.07) is 4.53. The van der Waals surface area contributed by atoms with Crippen LogP contribution < -0.4 is 5.32 Å². The highest BCUT2D eigenvalue weighted by atomic mass is 14.9. The van der Waals surface area contributed by atoms with Gasteiger partial charge in [-0.25, -0.2) is 0 Å². The molecule has 1 rings (SSSR count). The molecule has 0 aliphatic rings. The first-order valence-corrected chi connectivity index (χ1v) is 5.69. The molecule has 1 aromatic heterocycles. The molecule has 1 heterocycles. The van der Waals surface area contributed by atoms with Gasteiger partial charge in [-0.3, -0.25) is 4.98 Å². The molecule has 1 unspecified atom stereocenters. The highest BCUT2D eigenvalue weighted by molar-refractivity contribution is 5.16. The minimum Gasteiger partial charge on any atom is -0.309 e. The van der Waals surface area contributed by atoms with Crippen molar-refractivity contribution in [1.82, 2.24) is 10.3 Å². The molecule has 84 valence electrons. The molecule has 0 aliphatic heterocycles. The summed E-state index contributed by atoms with van der Waals surface area (Å²) in [5.41, 5.74) is 1.50. The van der Waals surface area contributed by atoms with Gasteiger partial charge in [-0.15, -0.1) is 0 Å². The first-order valence-electron chi connectivity index (χ1n) is 5.69. The van der Waals surface area contributed by atoms with Crippen molar-refractivity contribution in [1.29, 1.82) is 0 Å². The summed E-state index contributed by atoms with van der Waals surface area (Å²) in [4.78, 5) is 4.19. The van der Waals surface area contributed by atoms with E-state index in [4.69, 9.17) is 0 Å². The Morgan fingerprint density at radius 1 is 1.40 bits per heavy atom. The van der Waals surface area contributed by atoms with Gasteiger partial charge in [0.2, 0.25) is 0 Å². The van der Waals surface area contributed by atoms with E-state index in [-0.39, 0.29) is 5.41 Å². The van der Waals surface area contributed by atoms with Crippen LogP contribution in [0, 0.1) is 5.41 Å². The summed E-state index contributed by atoms with van der Waals surface area (Å²) in [5.74, 6) is 0. The van der Waals surface area contributed by atoms with E-state index in [2.05, 4.69) is 44.1 Å². The smallest absolute Gasteiger partial charge is 0.0384 e. The topological polar surface area (TPSA) is 24.9 Å². The van der Waals surface area contributed by atoms with E-state index < -0.39 is 0 Å². The van der Waals surface area contributed by atoms with Crippen molar-refractivity contribution in [3.63, 3.8) is 0 Å². The summed E-state index contributed by atoms with van der Waals surface area (Å²) in [7, 11) is 0. The molecular weight excluding hydrogens is 184 g/mol. The van der Waals surface area contributed by atoms with Crippen molar-refractivity contribution in [3.05, 3.63) is 30.1 Å². The molecule has 15 heavy (non-hydrogen) atoms. The van der Waals surface area contributed by atoms with Crippen molar-refractivity contribution >= 4 is 0 Å². The van der Waals surface area contributed by atoms with Gasteiger partial charge < -0.3 is 5.32 Å². The lowest BCUT2D eigenvalue weighted by Crippen LogP contribution is -2.32. The maximum absolute atomic E-state index is 4.19. The van der Waals surface area contributed by atoms with E-state index in [9.17, 15) is 0 Å². The zero-order valence-electron chi connectivity index (χ0n) is 10.2. The first-order chi connectivity index (χ1) is 7.05. The second-order valence-corrected chi connectivity index (χ2v) is 5.04. The van der Waals surface area contributed by atoms with Crippen LogP contribution in [-0.4, -0.2) is 11.5 Å². The zero-order chi connectivity index (χ0) is 11.3. The average Bonchev–Trinajstić information content (AvgIpc) is 2.18. The van der Waals surface area contributed by atoms with Crippen molar-refractivity contribution in [2.24, 2.45) is 5.41 Å². The SMILES string of the molecule is CCCNC(c1cccnc1)C(C)(C)C. The third-order valence-electron chi connectivity index (χ3n) is 2.48. The molecule has 0 bridgehead atoms. The van der Waals surface area contributed by atoms with Gasteiger partial charge in [-0.2, -0.15) is 0 Å². The van der Waals surface area contributed by atoms with E-state index in [0.717, 1.165) is 13.0 Å². The fraction of sp³-hybridized carbons (Fsp3) is 0.615. The van der Waals surface area contributed by atoms with E-state index >= 15 is 0 Å². The molecule has 1 N–H and O–H groups in total. The standard InChI is InChI=1S/C13H22N2/c1-5-8-15-12(13(2,3)4)11-7-6-9-14-10-11/h6-7,9-10,12,15H,5,8H2,1-4H3. The van der Waals surface area contributed by atoms with Crippen LogP contribution in [0.1, 0.15) is 45.7 Å². The van der Waals surface area contributed by atoms with E-state index in [1.807, 2.05) is 18.5 Å². The third-order valence-corrected chi connectivity index (χ3v) is 2.48. The molecule has 0 fully saturated rings. The Bertz CT molecular complexity index is 274. The quantitative estimate of drug-likeness (QED) is 0.818. The van der Waals surface area contributed by atoms with Crippen LogP contribution in [0.5, 0.6) is 0 Å². The Balaban J connectivity index is 2.82. The lowest BCUT2D eigenvalue weighted by Gasteiger charge is -2.31. The predicted octanol–water partition coefficient (Wildman–Crippen LogP) is 3.17. The van der Waals surface area contributed by atoms with Crippen molar-refractivity contribution in [3.8, 4) is 0 Å². The van der Waals surface area contributed by atoms with E-state index in [1.165, 1.54) is 5.56 Å². The van der Waals surface area contributed by atoms with Gasteiger partial charge >= 0.3 is 0 Å². The largest absolute Gasteiger partial charge is 0.309 e. The lowest BCUT2D eigenvalue weighted by molar-refractivity contribution is 0.273. The highest BCUT2D eigenvalue weighted by Crippen LogP contribution is 2.31. The molecular formula is C13H22N2. The van der Waals surface area contributed by atoms with Crippen molar-refractivity contribution < 1.29 is 0 Å². The number of rotatable bonds is 4. The first kappa shape index (κ1) is 12.2. The van der Waals surface area contributed by atoms with Gasteiger partial charge in [0, 0.05) is 18.4 Å². The Hall–Kier alpha value is -0.890. The number of aromatic nitrogens is 1. The molecule has 0 saturated carbocycles. The maximum Gasteiger partial charge on any atom is 0.0384 e. The number of nitrogens with one attached hydrogen (secondary N) is 1. The van der Waals surface area contributed by atoms with Gasteiger partial charge in [0.1, 0.15) is 0 Å². The van der Waals surface area contributed by atoms with Crippen LogP contribution >= 0.6 is 0 Å². The van der Waals surface area contributed by atoms with Gasteiger partial charge in [0.15, 0.2) is 0 Å². The molecule has 2 nitrogen and oxygen atoms in total. The minimum absolute atomic E-state index is 0.220. The number of nitrogens with zero attached hydrogens (tertiary/aromatic N) is 1. The van der Waals surface area contributed by atoms with Crippen LogP contribution in [0.25, 0.3) is 0 Å². The summed E-state index contributed by atoms with van der Waals surface area (Å²) >= 11 is 0. The minimum atomic E-state index is 0.220. The Morgan fingerprint density at radius 2 is 2.13 bits per heavy atom. The average molecular weight is 206 g/mol. The number of hydrogen-bond acceptors (Lipinski definition) is 2. The maximum atomic E-state index is 4.19. The summed E-state index contributed by atoms with van der Waals surface area (Å²) < 4.78 is 0. The molecule has 0 aliphatic carbocycles. The molecule has 0 spiro atoms. The monoisotopic (exact) mass is 206 g/mol. The zero-order valence-corrected chi connectivity index (χ0v) is 10.2. The summed E-state index contributed by atoms with van der Waals surface area (Å²) in [6.07, 6.45) is 4.94. The van der Waals surface area contributed by atoms with Crippen LogP contribution in [-0.2, 0) is 0 Å². The van der Waals surface area contributed by atoms with Gasteiger partial charge in [0.05, 0.1) is 0 Å². The van der Waals surface area contributed by atoms with Crippen molar-refractivity contribution in [2.75, 3.05) is 6.54 Å². The van der Waals surface area contributed by atoms with E-state index in [0.29, 0.717) is 6.04 Å². The number of pyridine rings is 1. The van der Waals surface area contributed by atoms with Crippen LogP contribution in [0.15, 0.2) is 24.5 Å². The lowest BCUT2D eigenvalue weighted by atomic mass is 9.83. The fourth-order valence-electron chi connectivity index (χ4n) is 1.76. The predicted molar refractivity (Wildman–Crippen MR) is 64.7 cm³/mol. The molecule has 0 aromatic carbocycles. The second kappa shape index (κ2) is 5.26. The molecule has 2 heteroatoms. The highest BCUT2D eigenvalue weighted by Gasteiger charge is 2.25. The fourth-order valence-corrected chi connectivity index (χ4v) is 1.76. The second-order valence-electron chi connectivity index (χ2n) is 5.04. The Labute approximate surface area is 93.1 Å². The van der Waals surface area contributed by atoms with Gasteiger partial charge in [-0.05, 0) is 30.0 Å². The van der Waals surface area contributed by atoms with Crippen LogP contribution in [0.2, 0.25) is 0 Å². The van der Waals surface area contributed by atoms with E-state index in [1.54, 1.807) is 0 Å². The van der Waals surface area contributed by atoms with Crippen molar-refractivity contribution in [2.45, 2.75) is 40.2 Å². The Morgan fingerprint density at radius 3 is 2.60 bits per heavy atom. The molecule has 0 radical (unpaired) electrons. The molecule has 0 amide bonds.